The van der Waals surface area contributed by atoms with E-state index in [0.29, 0.717) is 6.04 Å². The van der Waals surface area contributed by atoms with Crippen molar-refractivity contribution in [3.63, 3.8) is 0 Å². The summed E-state index contributed by atoms with van der Waals surface area (Å²) < 4.78 is 0. The molecule has 2 aromatic rings. The highest BCUT2D eigenvalue weighted by atomic mass is 15.1. The van der Waals surface area contributed by atoms with Crippen molar-refractivity contribution >= 4 is 22.3 Å². The van der Waals surface area contributed by atoms with Gasteiger partial charge in [0, 0.05) is 11.4 Å². The van der Waals surface area contributed by atoms with Gasteiger partial charge >= 0.3 is 0 Å². The Balaban J connectivity index is 1.88. The lowest BCUT2D eigenvalue weighted by Gasteiger charge is -2.21. The van der Waals surface area contributed by atoms with Gasteiger partial charge in [0.05, 0.1) is 23.1 Å². The van der Waals surface area contributed by atoms with Gasteiger partial charge in [-0.3, -0.25) is 5.10 Å². The number of H-pyrrole nitrogens is 1. The molecule has 0 aliphatic heterocycles. The monoisotopic (exact) mass is 228 g/mol. The number of anilines is 2. The predicted octanol–water partition coefficient (Wildman–Crippen LogP) is 2.67. The van der Waals surface area contributed by atoms with Gasteiger partial charge in [-0.15, -0.1) is 0 Å². The summed E-state index contributed by atoms with van der Waals surface area (Å²) in [5.74, 6) is 0. The molecule has 17 heavy (non-hydrogen) atoms. The summed E-state index contributed by atoms with van der Waals surface area (Å²) in [5.41, 5.74) is 8.85. The number of hydrogen-bond donors (Lipinski definition) is 3. The number of hydrogen-bond acceptors (Lipinski definition) is 3. The van der Waals surface area contributed by atoms with E-state index in [9.17, 15) is 0 Å². The lowest BCUT2D eigenvalue weighted by atomic mass is 10.0. The molecule has 0 saturated carbocycles. The van der Waals surface area contributed by atoms with Gasteiger partial charge in [0.2, 0.25) is 0 Å². The summed E-state index contributed by atoms with van der Waals surface area (Å²) in [6.07, 6.45) is 9.63. The van der Waals surface area contributed by atoms with Crippen LogP contribution >= 0.6 is 0 Å². The van der Waals surface area contributed by atoms with Crippen LogP contribution in [-0.2, 0) is 0 Å². The Morgan fingerprint density at radius 2 is 2.29 bits per heavy atom. The van der Waals surface area contributed by atoms with Crippen LogP contribution in [0.25, 0.3) is 10.9 Å². The maximum atomic E-state index is 6.04. The van der Waals surface area contributed by atoms with Crippen molar-refractivity contribution in [1.29, 1.82) is 0 Å². The van der Waals surface area contributed by atoms with E-state index in [0.717, 1.165) is 41.5 Å². The molecule has 3 rings (SSSR count). The summed E-state index contributed by atoms with van der Waals surface area (Å²) >= 11 is 0. The topological polar surface area (TPSA) is 66.7 Å². The number of benzene rings is 1. The third-order valence-corrected chi connectivity index (χ3v) is 3.24. The highest BCUT2D eigenvalue weighted by Gasteiger charge is 2.11. The number of nitrogens with one attached hydrogen (secondary N) is 2. The molecular weight excluding hydrogens is 212 g/mol. The second-order valence-electron chi connectivity index (χ2n) is 4.52. The molecule has 88 valence electrons. The quantitative estimate of drug-likeness (QED) is 0.547. The van der Waals surface area contributed by atoms with Crippen molar-refractivity contribution in [3.8, 4) is 0 Å². The zero-order chi connectivity index (χ0) is 11.7. The Hall–Kier alpha value is -1.97. The lowest BCUT2D eigenvalue weighted by molar-refractivity contribution is 0.645. The molecule has 1 aliphatic carbocycles. The van der Waals surface area contributed by atoms with Gasteiger partial charge in [-0.05, 0) is 31.4 Å². The highest BCUT2D eigenvalue weighted by molar-refractivity contribution is 5.88. The summed E-state index contributed by atoms with van der Waals surface area (Å²) in [7, 11) is 0. The number of allylic oxidation sites excluding steroid dienone is 1. The van der Waals surface area contributed by atoms with E-state index in [4.69, 9.17) is 5.73 Å². The van der Waals surface area contributed by atoms with Crippen molar-refractivity contribution in [2.45, 2.75) is 25.3 Å². The van der Waals surface area contributed by atoms with Gasteiger partial charge in [-0.25, -0.2) is 0 Å². The van der Waals surface area contributed by atoms with Crippen LogP contribution in [0.1, 0.15) is 19.3 Å². The standard InChI is InChI=1S/C13H16N4/c14-11-6-9-8-15-17-12(9)7-13(11)16-10-4-2-1-3-5-10/h1-2,6-8,10,16H,3-5,14H2,(H,15,17). The number of rotatable bonds is 2. The Kier molecular flexibility index (Phi) is 2.48. The number of fused-ring (bicyclic) bond motifs is 1. The van der Waals surface area contributed by atoms with E-state index in [1.807, 2.05) is 12.1 Å². The lowest BCUT2D eigenvalue weighted by Crippen LogP contribution is -2.20. The number of nitrogens with two attached hydrogens (primary N) is 1. The summed E-state index contributed by atoms with van der Waals surface area (Å²) in [4.78, 5) is 0. The molecule has 1 unspecified atom stereocenters. The second kappa shape index (κ2) is 4.13. The maximum Gasteiger partial charge on any atom is 0.0672 e. The van der Waals surface area contributed by atoms with Crippen LogP contribution in [0.2, 0.25) is 0 Å². The van der Waals surface area contributed by atoms with Gasteiger partial charge in [-0.2, -0.15) is 5.10 Å². The minimum atomic E-state index is 0.489. The Labute approximate surface area is 99.9 Å². The molecule has 0 bridgehead atoms. The summed E-state index contributed by atoms with van der Waals surface area (Å²) in [5, 5.41) is 11.5. The Morgan fingerprint density at radius 3 is 3.12 bits per heavy atom. The molecule has 1 atom stereocenters. The molecule has 1 heterocycles. The first-order valence-corrected chi connectivity index (χ1v) is 5.97. The Morgan fingerprint density at radius 1 is 1.35 bits per heavy atom. The smallest absolute Gasteiger partial charge is 0.0672 e. The Bertz CT molecular complexity index is 556. The van der Waals surface area contributed by atoms with Gasteiger partial charge in [0.15, 0.2) is 0 Å². The molecule has 1 aliphatic rings. The molecule has 0 spiro atoms. The van der Waals surface area contributed by atoms with Crippen LogP contribution < -0.4 is 11.1 Å². The third kappa shape index (κ3) is 1.98. The molecule has 0 fully saturated rings. The van der Waals surface area contributed by atoms with Gasteiger partial charge < -0.3 is 11.1 Å². The molecule has 4 nitrogen and oxygen atoms in total. The van der Waals surface area contributed by atoms with Crippen molar-refractivity contribution in [3.05, 3.63) is 30.5 Å². The van der Waals surface area contributed by atoms with E-state index < -0.39 is 0 Å². The molecule has 1 aromatic heterocycles. The van der Waals surface area contributed by atoms with Crippen molar-refractivity contribution in [2.75, 3.05) is 11.1 Å². The fourth-order valence-corrected chi connectivity index (χ4v) is 2.28. The molecule has 4 heteroatoms. The minimum absolute atomic E-state index is 0.489. The SMILES string of the molecule is Nc1cc2cn[nH]c2cc1NC1CC=CCC1. The van der Waals surface area contributed by atoms with Crippen molar-refractivity contribution < 1.29 is 0 Å². The fourth-order valence-electron chi connectivity index (χ4n) is 2.28. The second-order valence-corrected chi connectivity index (χ2v) is 4.52. The largest absolute Gasteiger partial charge is 0.397 e. The predicted molar refractivity (Wildman–Crippen MR) is 70.9 cm³/mol. The third-order valence-electron chi connectivity index (χ3n) is 3.24. The zero-order valence-electron chi connectivity index (χ0n) is 9.61. The average Bonchev–Trinajstić information content (AvgIpc) is 2.78. The van der Waals surface area contributed by atoms with E-state index in [1.54, 1.807) is 6.20 Å². The number of nitrogens with zero attached hydrogens (tertiary/aromatic N) is 1. The van der Waals surface area contributed by atoms with Crippen molar-refractivity contribution in [1.82, 2.24) is 10.2 Å². The normalized spacial score (nSPS) is 19.6. The van der Waals surface area contributed by atoms with E-state index in [-0.39, 0.29) is 0 Å². The first-order valence-electron chi connectivity index (χ1n) is 5.97. The van der Waals surface area contributed by atoms with Crippen LogP contribution in [0, 0.1) is 0 Å². The fraction of sp³-hybridized carbons (Fsp3) is 0.308. The first kappa shape index (κ1) is 10.2. The first-order chi connectivity index (χ1) is 8.33. The van der Waals surface area contributed by atoms with Crippen LogP contribution in [-0.4, -0.2) is 16.2 Å². The van der Waals surface area contributed by atoms with E-state index in [2.05, 4.69) is 27.7 Å². The van der Waals surface area contributed by atoms with Crippen molar-refractivity contribution in [2.24, 2.45) is 0 Å². The van der Waals surface area contributed by atoms with Gasteiger partial charge in [-0.1, -0.05) is 12.2 Å². The van der Waals surface area contributed by atoms with Crippen LogP contribution in [0.15, 0.2) is 30.5 Å². The summed E-state index contributed by atoms with van der Waals surface area (Å²) in [6.45, 7) is 0. The average molecular weight is 228 g/mol. The summed E-state index contributed by atoms with van der Waals surface area (Å²) in [6, 6.07) is 4.48. The number of nitrogen functional groups attached to an aromatic ring is 1. The van der Waals surface area contributed by atoms with Crippen LogP contribution in [0.4, 0.5) is 11.4 Å². The van der Waals surface area contributed by atoms with E-state index >= 15 is 0 Å². The molecular formula is C13H16N4. The maximum absolute atomic E-state index is 6.04. The van der Waals surface area contributed by atoms with Gasteiger partial charge in [0.25, 0.3) is 0 Å². The molecule has 0 saturated heterocycles. The minimum Gasteiger partial charge on any atom is -0.397 e. The molecule has 0 amide bonds. The van der Waals surface area contributed by atoms with E-state index in [1.165, 1.54) is 0 Å². The zero-order valence-corrected chi connectivity index (χ0v) is 9.61. The molecule has 4 N–H and O–H groups in total. The number of aromatic amines is 1. The molecule has 1 aromatic carbocycles. The highest BCUT2D eigenvalue weighted by Crippen LogP contribution is 2.27. The van der Waals surface area contributed by atoms with Crippen LogP contribution in [0.3, 0.4) is 0 Å². The van der Waals surface area contributed by atoms with Gasteiger partial charge in [0.1, 0.15) is 0 Å². The molecule has 0 radical (unpaired) electrons. The van der Waals surface area contributed by atoms with Crippen LogP contribution in [0.5, 0.6) is 0 Å². The number of aromatic nitrogens is 2.